The van der Waals surface area contributed by atoms with Gasteiger partial charge in [-0.05, 0) is 24.3 Å². The van der Waals surface area contributed by atoms with Gasteiger partial charge in [-0.15, -0.1) is 0 Å². The van der Waals surface area contributed by atoms with Crippen LogP contribution in [0.4, 0.5) is 5.69 Å². The molecule has 0 radical (unpaired) electrons. The van der Waals surface area contributed by atoms with Crippen molar-refractivity contribution in [3.8, 4) is 11.4 Å². The van der Waals surface area contributed by atoms with E-state index >= 15 is 0 Å². The van der Waals surface area contributed by atoms with Crippen LogP contribution in [0, 0.1) is 0 Å². The molecule has 0 saturated carbocycles. The number of hydrogen-bond acceptors (Lipinski definition) is 3. The second-order valence-electron chi connectivity index (χ2n) is 3.72. The third-order valence-electron chi connectivity index (χ3n) is 2.33. The number of hydrogen-bond donors (Lipinski definition) is 1. The molecule has 16 heavy (non-hydrogen) atoms. The van der Waals surface area contributed by atoms with E-state index in [1.807, 2.05) is 43.3 Å². The van der Waals surface area contributed by atoms with Crippen molar-refractivity contribution in [2.75, 3.05) is 19.0 Å². The van der Waals surface area contributed by atoms with Gasteiger partial charge < -0.3 is 9.88 Å². The summed E-state index contributed by atoms with van der Waals surface area (Å²) < 4.78 is 0. The smallest absolute Gasteiger partial charge is 0.251 e. The highest BCUT2D eigenvalue weighted by Crippen LogP contribution is 2.17. The molecule has 0 aliphatic rings. The quantitative estimate of drug-likeness (QED) is 0.826. The molecule has 1 aromatic carbocycles. The normalized spacial score (nSPS) is 10.1. The van der Waals surface area contributed by atoms with Crippen molar-refractivity contribution in [1.82, 2.24) is 9.97 Å². The Morgan fingerprint density at radius 2 is 1.81 bits per heavy atom. The summed E-state index contributed by atoms with van der Waals surface area (Å²) in [6, 6.07) is 9.25. The number of nitrogens with zero attached hydrogens (tertiary/aromatic N) is 2. The number of rotatable bonds is 2. The van der Waals surface area contributed by atoms with Gasteiger partial charge in [0.05, 0.1) is 0 Å². The number of nitrogens with one attached hydrogen (secondary N) is 1. The highest BCUT2D eigenvalue weighted by atomic mass is 16.1. The second kappa shape index (κ2) is 4.18. The Balaban J connectivity index is 2.38. The lowest BCUT2D eigenvalue weighted by Gasteiger charge is -2.12. The van der Waals surface area contributed by atoms with Gasteiger partial charge in [0, 0.05) is 37.6 Å². The van der Waals surface area contributed by atoms with Crippen LogP contribution in [0.3, 0.4) is 0 Å². The average Bonchev–Trinajstić information content (AvgIpc) is 2.29. The zero-order chi connectivity index (χ0) is 11.5. The van der Waals surface area contributed by atoms with Crippen LogP contribution in [0.1, 0.15) is 0 Å². The third-order valence-corrected chi connectivity index (χ3v) is 2.33. The number of aromatic amines is 1. The van der Waals surface area contributed by atoms with Crippen LogP contribution in [-0.4, -0.2) is 24.1 Å². The molecular weight excluding hydrogens is 202 g/mol. The Morgan fingerprint density at radius 1 is 1.12 bits per heavy atom. The van der Waals surface area contributed by atoms with Gasteiger partial charge >= 0.3 is 0 Å². The maximum Gasteiger partial charge on any atom is 0.251 e. The highest BCUT2D eigenvalue weighted by Gasteiger charge is 2.00. The van der Waals surface area contributed by atoms with Crippen molar-refractivity contribution < 1.29 is 0 Å². The van der Waals surface area contributed by atoms with Gasteiger partial charge in [0.25, 0.3) is 5.56 Å². The summed E-state index contributed by atoms with van der Waals surface area (Å²) in [4.78, 5) is 20.0. The number of benzene rings is 1. The fourth-order valence-electron chi connectivity index (χ4n) is 1.43. The highest BCUT2D eigenvalue weighted by molar-refractivity contribution is 5.59. The standard InChI is InChI=1S/C12H13N3O/c1-15(2)10-5-3-9(4-6-10)12-13-8-7-11(16)14-12/h3-8H,1-2H3,(H,13,14,16). The second-order valence-corrected chi connectivity index (χ2v) is 3.72. The van der Waals surface area contributed by atoms with E-state index in [1.165, 1.54) is 12.3 Å². The molecule has 2 aromatic rings. The molecule has 4 nitrogen and oxygen atoms in total. The van der Waals surface area contributed by atoms with E-state index in [0.29, 0.717) is 5.82 Å². The van der Waals surface area contributed by atoms with E-state index in [2.05, 4.69) is 9.97 Å². The van der Waals surface area contributed by atoms with E-state index in [4.69, 9.17) is 0 Å². The van der Waals surface area contributed by atoms with E-state index in [9.17, 15) is 4.79 Å². The fourth-order valence-corrected chi connectivity index (χ4v) is 1.43. The van der Waals surface area contributed by atoms with Crippen LogP contribution in [-0.2, 0) is 0 Å². The minimum Gasteiger partial charge on any atom is -0.378 e. The molecule has 2 rings (SSSR count). The van der Waals surface area contributed by atoms with Crippen molar-refractivity contribution in [3.63, 3.8) is 0 Å². The summed E-state index contributed by atoms with van der Waals surface area (Å²) in [5.74, 6) is 0.595. The molecule has 0 bridgehead atoms. The Bertz CT molecular complexity index is 528. The molecular formula is C12H13N3O. The maximum absolute atomic E-state index is 11.1. The summed E-state index contributed by atoms with van der Waals surface area (Å²) in [6.45, 7) is 0. The first kappa shape index (κ1) is 10.4. The number of anilines is 1. The van der Waals surface area contributed by atoms with Crippen LogP contribution in [0.2, 0.25) is 0 Å². The zero-order valence-electron chi connectivity index (χ0n) is 9.27. The van der Waals surface area contributed by atoms with Gasteiger partial charge in [0.2, 0.25) is 0 Å². The largest absolute Gasteiger partial charge is 0.378 e. The Labute approximate surface area is 93.6 Å². The first-order valence-corrected chi connectivity index (χ1v) is 5.00. The molecule has 0 atom stereocenters. The van der Waals surface area contributed by atoms with Crippen LogP contribution < -0.4 is 10.5 Å². The third kappa shape index (κ3) is 2.11. The molecule has 0 spiro atoms. The zero-order valence-corrected chi connectivity index (χ0v) is 9.27. The summed E-state index contributed by atoms with van der Waals surface area (Å²) in [6.07, 6.45) is 1.51. The molecule has 0 unspecified atom stereocenters. The van der Waals surface area contributed by atoms with Crippen molar-refractivity contribution in [3.05, 3.63) is 46.9 Å². The molecule has 1 heterocycles. The predicted octanol–water partition coefficient (Wildman–Crippen LogP) is 1.50. The molecule has 4 heteroatoms. The SMILES string of the molecule is CN(C)c1ccc(-c2nccc(=O)[nH]2)cc1. The van der Waals surface area contributed by atoms with E-state index < -0.39 is 0 Å². The molecule has 0 aliphatic carbocycles. The topological polar surface area (TPSA) is 49.0 Å². The van der Waals surface area contributed by atoms with Gasteiger partial charge in [0.15, 0.2) is 0 Å². The minimum atomic E-state index is -0.137. The Kier molecular flexibility index (Phi) is 2.72. The minimum absolute atomic E-state index is 0.137. The number of H-pyrrole nitrogens is 1. The molecule has 0 amide bonds. The van der Waals surface area contributed by atoms with Crippen molar-refractivity contribution in [2.24, 2.45) is 0 Å². The lowest BCUT2D eigenvalue weighted by Crippen LogP contribution is -2.08. The Morgan fingerprint density at radius 3 is 2.38 bits per heavy atom. The molecule has 0 saturated heterocycles. The average molecular weight is 215 g/mol. The van der Waals surface area contributed by atoms with Gasteiger partial charge in [0.1, 0.15) is 5.82 Å². The van der Waals surface area contributed by atoms with Gasteiger partial charge in [-0.1, -0.05) is 0 Å². The summed E-state index contributed by atoms with van der Waals surface area (Å²) >= 11 is 0. The molecule has 82 valence electrons. The molecule has 1 N–H and O–H groups in total. The van der Waals surface area contributed by atoms with Crippen molar-refractivity contribution in [2.45, 2.75) is 0 Å². The first-order valence-electron chi connectivity index (χ1n) is 5.00. The predicted molar refractivity (Wildman–Crippen MR) is 64.6 cm³/mol. The summed E-state index contributed by atoms with van der Waals surface area (Å²) in [5, 5.41) is 0. The number of aromatic nitrogens is 2. The van der Waals surface area contributed by atoms with Crippen molar-refractivity contribution >= 4 is 5.69 Å². The summed E-state index contributed by atoms with van der Waals surface area (Å²) in [5.41, 5.74) is 1.88. The lowest BCUT2D eigenvalue weighted by molar-refractivity contribution is 1.12. The molecule has 0 fully saturated rings. The van der Waals surface area contributed by atoms with E-state index in [1.54, 1.807) is 0 Å². The molecule has 0 aliphatic heterocycles. The van der Waals surface area contributed by atoms with Gasteiger partial charge in [-0.2, -0.15) is 0 Å². The fraction of sp³-hybridized carbons (Fsp3) is 0.167. The van der Waals surface area contributed by atoms with E-state index in [0.717, 1.165) is 11.3 Å². The van der Waals surface area contributed by atoms with Crippen LogP contribution in [0.15, 0.2) is 41.3 Å². The van der Waals surface area contributed by atoms with Crippen LogP contribution in [0.25, 0.3) is 11.4 Å². The van der Waals surface area contributed by atoms with Gasteiger partial charge in [-0.25, -0.2) is 4.98 Å². The van der Waals surface area contributed by atoms with Crippen LogP contribution >= 0.6 is 0 Å². The monoisotopic (exact) mass is 215 g/mol. The first-order chi connectivity index (χ1) is 7.66. The van der Waals surface area contributed by atoms with Crippen molar-refractivity contribution in [1.29, 1.82) is 0 Å². The van der Waals surface area contributed by atoms with Crippen LogP contribution in [0.5, 0.6) is 0 Å². The molecule has 1 aromatic heterocycles. The summed E-state index contributed by atoms with van der Waals surface area (Å²) in [7, 11) is 3.97. The lowest BCUT2D eigenvalue weighted by atomic mass is 10.2. The van der Waals surface area contributed by atoms with E-state index in [-0.39, 0.29) is 5.56 Å². The van der Waals surface area contributed by atoms with Gasteiger partial charge in [-0.3, -0.25) is 4.79 Å². The maximum atomic E-state index is 11.1. The Hall–Kier alpha value is -2.10.